The molecule has 0 rings (SSSR count). The summed E-state index contributed by atoms with van der Waals surface area (Å²) >= 11 is 0. The van der Waals surface area contributed by atoms with Crippen LogP contribution in [0.15, 0.2) is 0 Å². The molecule has 0 aromatic heterocycles. The van der Waals surface area contributed by atoms with Crippen LogP contribution in [0.3, 0.4) is 0 Å². The summed E-state index contributed by atoms with van der Waals surface area (Å²) in [5, 5.41) is 17.6. The van der Waals surface area contributed by atoms with E-state index in [1.165, 1.54) is 0 Å². The van der Waals surface area contributed by atoms with Gasteiger partial charge in [-0.1, -0.05) is 0 Å². The number of Topliss-reactive ketones (excluding diaryl/α,β-unsaturated/α-hetero) is 2. The monoisotopic (exact) mass is 306 g/mol. The molecule has 0 aliphatic heterocycles. The van der Waals surface area contributed by atoms with Gasteiger partial charge in [0.15, 0.2) is 11.7 Å². The van der Waals surface area contributed by atoms with E-state index in [0.29, 0.717) is 13.8 Å². The van der Waals surface area contributed by atoms with Crippen LogP contribution in [0.25, 0.3) is 0 Å². The van der Waals surface area contributed by atoms with Gasteiger partial charge in [-0.25, -0.2) is 4.79 Å². The molecule has 2 atom stereocenters. The predicted molar refractivity (Wildman–Crippen MR) is 55.5 cm³/mol. The molecule has 0 heterocycles. The third-order valence-electron chi connectivity index (χ3n) is 2.31. The molecule has 2 unspecified atom stereocenters. The molecular weight excluding hydrogens is 295 g/mol. The summed E-state index contributed by atoms with van der Waals surface area (Å²) in [5.41, 5.74) is 0. The van der Waals surface area contributed by atoms with Crippen LogP contribution in [0.5, 0.6) is 0 Å². The largest absolute Gasteiger partial charge is 1.00 e. The van der Waals surface area contributed by atoms with Gasteiger partial charge in [0, 0.05) is 0 Å². The van der Waals surface area contributed by atoms with E-state index in [2.05, 4.69) is 0 Å². The summed E-state index contributed by atoms with van der Waals surface area (Å²) in [5.74, 6) is -10.4. The van der Waals surface area contributed by atoms with E-state index in [0.717, 1.165) is 0 Å². The SMILES string of the molecule is CC(=O)C(C(=O)O)C(C(C)=O)(C(=O)O)S(=O)(=O)O.[H-].[Na+]. The van der Waals surface area contributed by atoms with Crippen LogP contribution < -0.4 is 29.6 Å². The number of rotatable bonds is 6. The van der Waals surface area contributed by atoms with Gasteiger partial charge in [0.05, 0.1) is 0 Å². The average molecular weight is 306 g/mol. The van der Waals surface area contributed by atoms with Gasteiger partial charge in [-0.2, -0.15) is 8.42 Å². The smallest absolute Gasteiger partial charge is 1.00 e. The normalized spacial score (nSPS) is 15.5. The zero-order valence-corrected chi connectivity index (χ0v) is 13.1. The second-order valence-electron chi connectivity index (χ2n) is 3.45. The van der Waals surface area contributed by atoms with Gasteiger partial charge in [0.25, 0.3) is 14.9 Å². The quantitative estimate of drug-likeness (QED) is 0.250. The van der Waals surface area contributed by atoms with Gasteiger partial charge in [-0.15, -0.1) is 0 Å². The van der Waals surface area contributed by atoms with Crippen LogP contribution in [0.2, 0.25) is 0 Å². The fourth-order valence-electron chi connectivity index (χ4n) is 1.55. The molecule has 0 fully saturated rings. The number of carbonyl (C=O) groups excluding carboxylic acids is 2. The first-order valence-electron chi connectivity index (χ1n) is 4.35. The Morgan fingerprint density at radius 1 is 1.11 bits per heavy atom. The predicted octanol–water partition coefficient (Wildman–Crippen LogP) is -4.31. The summed E-state index contributed by atoms with van der Waals surface area (Å²) in [4.78, 5) is 44.2. The van der Waals surface area contributed by atoms with Crippen LogP contribution in [0.4, 0.5) is 0 Å². The molecular formula is C8H11NaO9S. The first-order chi connectivity index (χ1) is 7.90. The Bertz CT molecular complexity index is 498. The Balaban J connectivity index is -0.00000144. The van der Waals surface area contributed by atoms with Crippen molar-refractivity contribution in [1.82, 2.24) is 0 Å². The van der Waals surface area contributed by atoms with Gasteiger partial charge in [0.1, 0.15) is 5.78 Å². The molecule has 19 heavy (non-hydrogen) atoms. The Labute approximate surface area is 131 Å². The molecule has 0 amide bonds. The van der Waals surface area contributed by atoms with Crippen LogP contribution in [0, 0.1) is 5.92 Å². The zero-order chi connectivity index (χ0) is 14.9. The summed E-state index contributed by atoms with van der Waals surface area (Å²) in [6.07, 6.45) is 0. The Hall–Kier alpha value is -0.810. The number of carbonyl (C=O) groups is 4. The van der Waals surface area contributed by atoms with E-state index < -0.39 is 44.3 Å². The molecule has 0 spiro atoms. The topological polar surface area (TPSA) is 163 Å². The second-order valence-corrected chi connectivity index (χ2v) is 5.05. The molecule has 104 valence electrons. The van der Waals surface area contributed by atoms with Crippen molar-refractivity contribution in [2.45, 2.75) is 18.6 Å². The van der Waals surface area contributed by atoms with E-state index in [9.17, 15) is 27.6 Å². The Kier molecular flexibility index (Phi) is 7.09. The number of aliphatic carboxylic acids is 2. The van der Waals surface area contributed by atoms with E-state index in [-0.39, 0.29) is 31.0 Å². The maximum Gasteiger partial charge on any atom is 1.00 e. The van der Waals surface area contributed by atoms with Gasteiger partial charge in [0.2, 0.25) is 0 Å². The van der Waals surface area contributed by atoms with Gasteiger partial charge >= 0.3 is 41.5 Å². The van der Waals surface area contributed by atoms with Crippen molar-refractivity contribution in [3.05, 3.63) is 0 Å². The summed E-state index contributed by atoms with van der Waals surface area (Å²) in [6.45, 7) is 1.06. The number of ketones is 2. The molecule has 0 aliphatic rings. The maximum atomic E-state index is 11.3. The standard InChI is InChI=1S/C8H10O9S.Na.H/c1-3(9)5(6(11)12)8(4(2)10,7(13)14)18(15,16)17;;/h5H,1-2H3,(H,11,12)(H,13,14)(H,15,16,17);;/q;+1;-1. The third-order valence-corrected chi connectivity index (χ3v) is 3.82. The molecule has 0 bridgehead atoms. The van der Waals surface area contributed by atoms with Crippen molar-refractivity contribution >= 4 is 33.6 Å². The third kappa shape index (κ3) is 3.39. The van der Waals surface area contributed by atoms with Crippen molar-refractivity contribution in [2.24, 2.45) is 5.92 Å². The van der Waals surface area contributed by atoms with Crippen molar-refractivity contribution in [1.29, 1.82) is 0 Å². The fraction of sp³-hybridized carbons (Fsp3) is 0.500. The maximum absolute atomic E-state index is 11.3. The summed E-state index contributed by atoms with van der Waals surface area (Å²) in [7, 11) is -5.67. The molecule has 0 saturated heterocycles. The van der Waals surface area contributed by atoms with Crippen molar-refractivity contribution < 1.29 is 73.3 Å². The Morgan fingerprint density at radius 2 is 1.47 bits per heavy atom. The number of hydrogen-bond donors (Lipinski definition) is 3. The molecule has 0 radical (unpaired) electrons. The number of carboxylic acid groups (broad SMARTS) is 2. The minimum Gasteiger partial charge on any atom is -1.00 e. The molecule has 0 aromatic carbocycles. The van der Waals surface area contributed by atoms with Crippen LogP contribution in [-0.2, 0) is 29.3 Å². The molecule has 9 nitrogen and oxygen atoms in total. The van der Waals surface area contributed by atoms with Gasteiger partial charge < -0.3 is 11.6 Å². The van der Waals surface area contributed by atoms with Crippen LogP contribution in [-0.4, -0.2) is 51.4 Å². The molecule has 0 aliphatic carbocycles. The molecule has 11 heteroatoms. The fourth-order valence-corrected chi connectivity index (χ4v) is 2.70. The Morgan fingerprint density at radius 3 is 1.53 bits per heavy atom. The molecule has 0 aromatic rings. The van der Waals surface area contributed by atoms with Crippen LogP contribution in [0.1, 0.15) is 15.3 Å². The van der Waals surface area contributed by atoms with Crippen molar-refractivity contribution in [2.75, 3.05) is 0 Å². The average Bonchev–Trinajstić information content (AvgIpc) is 2.08. The van der Waals surface area contributed by atoms with Crippen molar-refractivity contribution in [3.8, 4) is 0 Å². The minimum atomic E-state index is -5.67. The van der Waals surface area contributed by atoms with Crippen LogP contribution >= 0.6 is 0 Å². The van der Waals surface area contributed by atoms with E-state index in [4.69, 9.17) is 14.8 Å². The van der Waals surface area contributed by atoms with Crippen molar-refractivity contribution in [3.63, 3.8) is 0 Å². The van der Waals surface area contributed by atoms with E-state index in [1.807, 2.05) is 0 Å². The van der Waals surface area contributed by atoms with Gasteiger partial charge in [-0.05, 0) is 13.8 Å². The molecule has 3 N–H and O–H groups in total. The van der Waals surface area contributed by atoms with E-state index >= 15 is 0 Å². The number of carboxylic acids is 2. The van der Waals surface area contributed by atoms with E-state index in [1.54, 1.807) is 0 Å². The summed E-state index contributed by atoms with van der Waals surface area (Å²) < 4.78 is 27.4. The number of hydrogen-bond acceptors (Lipinski definition) is 6. The zero-order valence-electron chi connectivity index (χ0n) is 11.3. The first kappa shape index (κ1) is 20.5. The second kappa shape index (κ2) is 6.57. The molecule has 0 saturated carbocycles. The minimum absolute atomic E-state index is 0. The first-order valence-corrected chi connectivity index (χ1v) is 5.79. The van der Waals surface area contributed by atoms with Gasteiger partial charge in [-0.3, -0.25) is 18.9 Å². The summed E-state index contributed by atoms with van der Waals surface area (Å²) in [6, 6.07) is 0.